The highest BCUT2D eigenvalue weighted by molar-refractivity contribution is 6.03. The van der Waals surface area contributed by atoms with E-state index in [9.17, 15) is 14.4 Å². The number of amides is 2. The van der Waals surface area contributed by atoms with Crippen molar-refractivity contribution < 1.29 is 19.5 Å². The third-order valence-electron chi connectivity index (χ3n) is 3.52. The van der Waals surface area contributed by atoms with Crippen molar-refractivity contribution in [2.45, 2.75) is 12.8 Å². The first-order valence-corrected chi connectivity index (χ1v) is 6.42. The summed E-state index contributed by atoms with van der Waals surface area (Å²) in [4.78, 5) is 34.8. The first-order chi connectivity index (χ1) is 9.91. The molecule has 4 N–H and O–H groups in total. The number of carboxylic acid groups (broad SMARTS) is 1. The lowest BCUT2D eigenvalue weighted by molar-refractivity contribution is -0.146. The highest BCUT2D eigenvalue weighted by Crippen LogP contribution is 2.27. The molecule has 8 heteroatoms. The lowest BCUT2D eigenvalue weighted by Gasteiger charge is -2.24. The maximum atomic E-state index is 12.3. The molecule has 0 spiro atoms. The molecule has 0 radical (unpaired) electrons. The molecule has 0 aromatic carbocycles. The molecule has 0 aliphatic heterocycles. The van der Waals surface area contributed by atoms with Crippen LogP contribution in [-0.2, 0) is 16.6 Å². The van der Waals surface area contributed by atoms with Crippen LogP contribution in [-0.4, -0.2) is 32.7 Å². The number of carboxylic acids is 1. The fourth-order valence-corrected chi connectivity index (χ4v) is 2.42. The maximum Gasteiger partial charge on any atom is 0.307 e. The Morgan fingerprint density at radius 3 is 2.52 bits per heavy atom. The molecule has 0 bridgehead atoms. The summed E-state index contributed by atoms with van der Waals surface area (Å²) in [7, 11) is 1.53. The Bertz CT molecular complexity index is 620. The zero-order valence-electron chi connectivity index (χ0n) is 11.4. The van der Waals surface area contributed by atoms with E-state index in [2.05, 4.69) is 10.4 Å². The van der Waals surface area contributed by atoms with E-state index in [4.69, 9.17) is 10.8 Å². The number of aliphatic carboxylic acids is 1. The molecule has 2 rings (SSSR count). The average molecular weight is 292 g/mol. The average Bonchev–Trinajstić information content (AvgIpc) is 2.79. The third-order valence-corrected chi connectivity index (χ3v) is 3.52. The predicted molar refractivity (Wildman–Crippen MR) is 73.3 cm³/mol. The molecule has 8 nitrogen and oxygen atoms in total. The van der Waals surface area contributed by atoms with Gasteiger partial charge in [-0.25, -0.2) is 0 Å². The Balaban J connectivity index is 2.20. The summed E-state index contributed by atoms with van der Waals surface area (Å²) in [5.41, 5.74) is 5.49. The molecule has 0 saturated carbocycles. The van der Waals surface area contributed by atoms with Crippen molar-refractivity contribution in [3.05, 3.63) is 24.0 Å². The Morgan fingerprint density at radius 1 is 1.33 bits per heavy atom. The Labute approximate surface area is 120 Å². The summed E-state index contributed by atoms with van der Waals surface area (Å²) in [5, 5.41) is 15.6. The SMILES string of the molecule is Cn1ncc(NC(=O)C2CC=CCC2C(=O)O)c1C(N)=O. The second-order valence-corrected chi connectivity index (χ2v) is 4.88. The molecule has 1 aliphatic carbocycles. The number of nitrogens with zero attached hydrogens (tertiary/aromatic N) is 2. The van der Waals surface area contributed by atoms with Crippen LogP contribution in [0.3, 0.4) is 0 Å². The van der Waals surface area contributed by atoms with E-state index in [1.807, 2.05) is 0 Å². The van der Waals surface area contributed by atoms with E-state index in [0.717, 1.165) is 0 Å². The molecule has 2 unspecified atom stereocenters. The molecular weight excluding hydrogens is 276 g/mol. The Hall–Kier alpha value is -2.64. The third kappa shape index (κ3) is 2.93. The Kier molecular flexibility index (Phi) is 4.06. The zero-order valence-corrected chi connectivity index (χ0v) is 11.4. The van der Waals surface area contributed by atoms with Crippen LogP contribution in [0.15, 0.2) is 18.3 Å². The van der Waals surface area contributed by atoms with Crippen LogP contribution in [0.5, 0.6) is 0 Å². The van der Waals surface area contributed by atoms with E-state index in [0.29, 0.717) is 12.8 Å². The number of hydrogen-bond donors (Lipinski definition) is 3. The first kappa shape index (κ1) is 14.8. The van der Waals surface area contributed by atoms with Gasteiger partial charge in [0.15, 0.2) is 0 Å². The van der Waals surface area contributed by atoms with Crippen LogP contribution in [0.2, 0.25) is 0 Å². The molecule has 112 valence electrons. The highest BCUT2D eigenvalue weighted by atomic mass is 16.4. The van der Waals surface area contributed by atoms with Gasteiger partial charge < -0.3 is 16.2 Å². The van der Waals surface area contributed by atoms with E-state index < -0.39 is 29.6 Å². The van der Waals surface area contributed by atoms with Gasteiger partial charge >= 0.3 is 5.97 Å². The van der Waals surface area contributed by atoms with Crippen molar-refractivity contribution in [3.8, 4) is 0 Å². The smallest absolute Gasteiger partial charge is 0.307 e. The molecule has 1 aromatic rings. The predicted octanol–water partition coefficient (Wildman–Crippen LogP) is 0.125. The molecule has 1 aromatic heterocycles. The van der Waals surface area contributed by atoms with Gasteiger partial charge in [0.1, 0.15) is 5.69 Å². The summed E-state index contributed by atoms with van der Waals surface area (Å²) in [6.45, 7) is 0. The minimum absolute atomic E-state index is 0.0709. The van der Waals surface area contributed by atoms with E-state index >= 15 is 0 Å². The van der Waals surface area contributed by atoms with Crippen LogP contribution in [0.4, 0.5) is 5.69 Å². The van der Waals surface area contributed by atoms with Gasteiger partial charge in [0.25, 0.3) is 5.91 Å². The second kappa shape index (κ2) is 5.78. The number of primary amides is 1. The molecule has 0 saturated heterocycles. The molecule has 21 heavy (non-hydrogen) atoms. The minimum Gasteiger partial charge on any atom is -0.481 e. The van der Waals surface area contributed by atoms with Gasteiger partial charge in [-0.1, -0.05) is 12.2 Å². The van der Waals surface area contributed by atoms with Crippen molar-refractivity contribution in [1.82, 2.24) is 9.78 Å². The summed E-state index contributed by atoms with van der Waals surface area (Å²) >= 11 is 0. The van der Waals surface area contributed by atoms with E-state index in [1.165, 1.54) is 17.9 Å². The van der Waals surface area contributed by atoms with Gasteiger partial charge in [0.05, 0.1) is 23.7 Å². The number of anilines is 1. The summed E-state index contributed by atoms with van der Waals surface area (Å²) in [6.07, 6.45) is 5.49. The van der Waals surface area contributed by atoms with Gasteiger partial charge in [-0.05, 0) is 12.8 Å². The molecular formula is C13H16N4O4. The molecule has 1 aliphatic rings. The monoisotopic (exact) mass is 292 g/mol. The first-order valence-electron chi connectivity index (χ1n) is 6.42. The molecule has 2 amide bonds. The number of carbonyl (C=O) groups is 3. The molecule has 0 fully saturated rings. The fourth-order valence-electron chi connectivity index (χ4n) is 2.42. The van der Waals surface area contributed by atoms with Crippen LogP contribution in [0.25, 0.3) is 0 Å². The standard InChI is InChI=1S/C13H16N4O4/c1-17-10(11(14)18)9(6-15-17)16-12(19)7-4-2-3-5-8(7)13(20)21/h2-3,6-8H,4-5H2,1H3,(H2,14,18)(H,16,19)(H,20,21). The van der Waals surface area contributed by atoms with Gasteiger partial charge in [-0.2, -0.15) is 5.10 Å². The summed E-state index contributed by atoms with van der Waals surface area (Å²) < 4.78 is 1.26. The number of aryl methyl sites for hydroxylation is 1. The number of hydrogen-bond acceptors (Lipinski definition) is 4. The van der Waals surface area contributed by atoms with Crippen LogP contribution < -0.4 is 11.1 Å². The van der Waals surface area contributed by atoms with Gasteiger partial charge in [-0.3, -0.25) is 19.1 Å². The van der Waals surface area contributed by atoms with Crippen LogP contribution >= 0.6 is 0 Å². The number of aromatic nitrogens is 2. The van der Waals surface area contributed by atoms with Crippen molar-refractivity contribution >= 4 is 23.5 Å². The van der Waals surface area contributed by atoms with Crippen molar-refractivity contribution in [2.24, 2.45) is 24.6 Å². The second-order valence-electron chi connectivity index (χ2n) is 4.88. The highest BCUT2D eigenvalue weighted by Gasteiger charge is 2.34. The van der Waals surface area contributed by atoms with Gasteiger partial charge in [0.2, 0.25) is 5.91 Å². The van der Waals surface area contributed by atoms with Crippen molar-refractivity contribution in [2.75, 3.05) is 5.32 Å². The zero-order chi connectivity index (χ0) is 15.6. The summed E-state index contributed by atoms with van der Waals surface area (Å²) in [5.74, 6) is -3.65. The van der Waals surface area contributed by atoms with Gasteiger partial charge in [-0.15, -0.1) is 0 Å². The quantitative estimate of drug-likeness (QED) is 0.679. The number of rotatable bonds is 4. The number of nitrogens with one attached hydrogen (secondary N) is 1. The van der Waals surface area contributed by atoms with Crippen LogP contribution in [0.1, 0.15) is 23.3 Å². The van der Waals surface area contributed by atoms with Crippen molar-refractivity contribution in [3.63, 3.8) is 0 Å². The minimum atomic E-state index is -1.01. The lowest BCUT2D eigenvalue weighted by atomic mass is 9.82. The molecule has 1 heterocycles. The van der Waals surface area contributed by atoms with Crippen LogP contribution in [0, 0.1) is 11.8 Å². The van der Waals surface area contributed by atoms with Gasteiger partial charge in [0, 0.05) is 7.05 Å². The normalized spacial score (nSPS) is 21.0. The largest absolute Gasteiger partial charge is 0.481 e. The number of allylic oxidation sites excluding steroid dienone is 2. The Morgan fingerprint density at radius 2 is 1.95 bits per heavy atom. The molecule has 2 atom stereocenters. The van der Waals surface area contributed by atoms with E-state index in [-0.39, 0.29) is 11.4 Å². The number of carbonyl (C=O) groups excluding carboxylic acids is 2. The topological polar surface area (TPSA) is 127 Å². The maximum absolute atomic E-state index is 12.3. The summed E-state index contributed by atoms with van der Waals surface area (Å²) in [6, 6.07) is 0. The fraction of sp³-hybridized carbons (Fsp3) is 0.385. The lowest BCUT2D eigenvalue weighted by Crippen LogP contribution is -2.35. The van der Waals surface area contributed by atoms with Crippen molar-refractivity contribution in [1.29, 1.82) is 0 Å². The van der Waals surface area contributed by atoms with E-state index in [1.54, 1.807) is 12.2 Å². The number of nitrogens with two attached hydrogens (primary N) is 1.